The summed E-state index contributed by atoms with van der Waals surface area (Å²) < 4.78 is 0. The maximum atomic E-state index is 12.4. The van der Waals surface area contributed by atoms with E-state index in [1.165, 1.54) is 5.56 Å². The highest BCUT2D eigenvalue weighted by atomic mass is 32.2. The first kappa shape index (κ1) is 17.1. The highest BCUT2D eigenvalue weighted by molar-refractivity contribution is 7.98. The van der Waals surface area contributed by atoms with Gasteiger partial charge in [-0.1, -0.05) is 29.8 Å². The summed E-state index contributed by atoms with van der Waals surface area (Å²) in [6, 6.07) is 7.98. The number of amides is 1. The molecule has 0 radical (unpaired) electrons. The molecule has 0 aliphatic rings. The summed E-state index contributed by atoms with van der Waals surface area (Å²) in [4.78, 5) is 12.4. The van der Waals surface area contributed by atoms with Gasteiger partial charge in [0.05, 0.1) is 11.0 Å². The quantitative estimate of drug-likeness (QED) is 0.848. The fourth-order valence-corrected chi connectivity index (χ4v) is 2.68. The lowest BCUT2D eigenvalue weighted by Gasteiger charge is -2.28. The second kappa shape index (κ2) is 6.64. The van der Waals surface area contributed by atoms with Gasteiger partial charge in [0.15, 0.2) is 0 Å². The predicted octanol–water partition coefficient (Wildman–Crippen LogP) is 2.50. The maximum Gasteiger partial charge on any atom is 0.230 e. The van der Waals surface area contributed by atoms with E-state index in [4.69, 9.17) is 0 Å². The molecule has 0 aliphatic heterocycles. The van der Waals surface area contributed by atoms with Crippen LogP contribution in [-0.2, 0) is 10.2 Å². The minimum atomic E-state index is -0.877. The number of carbonyl (C=O) groups is 1. The molecule has 0 bridgehead atoms. The van der Waals surface area contributed by atoms with Crippen LogP contribution >= 0.6 is 11.8 Å². The third-order valence-corrected chi connectivity index (χ3v) is 4.34. The number of rotatable bonds is 6. The molecule has 0 fully saturated rings. The Labute approximate surface area is 126 Å². The molecule has 0 aromatic heterocycles. The van der Waals surface area contributed by atoms with E-state index in [0.717, 1.165) is 5.56 Å². The molecule has 1 rings (SSSR count). The number of hydrogen-bond acceptors (Lipinski definition) is 3. The molecular weight excluding hydrogens is 270 g/mol. The summed E-state index contributed by atoms with van der Waals surface area (Å²) in [5.74, 6) is 0.529. The van der Waals surface area contributed by atoms with Crippen LogP contribution in [0.25, 0.3) is 0 Å². The summed E-state index contributed by atoms with van der Waals surface area (Å²) in [6.45, 7) is 7.83. The number of nitrogens with one attached hydrogen (secondary N) is 1. The van der Waals surface area contributed by atoms with Crippen LogP contribution in [0.1, 0.15) is 31.9 Å². The van der Waals surface area contributed by atoms with E-state index in [0.29, 0.717) is 5.75 Å². The summed E-state index contributed by atoms with van der Waals surface area (Å²) in [5, 5.41) is 13.0. The van der Waals surface area contributed by atoms with E-state index in [-0.39, 0.29) is 12.5 Å². The molecule has 1 aromatic carbocycles. The van der Waals surface area contributed by atoms with Crippen LogP contribution < -0.4 is 5.32 Å². The van der Waals surface area contributed by atoms with E-state index in [1.807, 2.05) is 51.3 Å². The maximum absolute atomic E-state index is 12.4. The van der Waals surface area contributed by atoms with Crippen LogP contribution in [0, 0.1) is 6.92 Å². The lowest BCUT2D eigenvalue weighted by molar-refractivity contribution is -0.126. The summed E-state index contributed by atoms with van der Waals surface area (Å²) in [7, 11) is 0. The van der Waals surface area contributed by atoms with Gasteiger partial charge in [0, 0.05) is 12.3 Å². The smallest absolute Gasteiger partial charge is 0.230 e. The molecule has 3 nitrogen and oxygen atoms in total. The number of carbonyl (C=O) groups excluding carboxylic acids is 1. The van der Waals surface area contributed by atoms with Gasteiger partial charge >= 0.3 is 0 Å². The van der Waals surface area contributed by atoms with Gasteiger partial charge in [-0.3, -0.25) is 4.79 Å². The normalized spacial score (nSPS) is 14.7. The molecule has 1 amide bonds. The highest BCUT2D eigenvalue weighted by Gasteiger charge is 2.31. The standard InChI is InChI=1S/C16H25NO2S/c1-12-6-8-13(9-7-12)15(2,3)14(18)17-10-16(4,19)11-20-5/h6-9,19H,10-11H2,1-5H3,(H,17,18). The second-order valence-electron chi connectivity index (χ2n) is 6.10. The highest BCUT2D eigenvalue weighted by Crippen LogP contribution is 2.24. The largest absolute Gasteiger partial charge is 0.387 e. The zero-order valence-corrected chi connectivity index (χ0v) is 13.8. The number of aliphatic hydroxyl groups is 1. The molecule has 112 valence electrons. The molecule has 1 atom stereocenters. The number of thioether (sulfide) groups is 1. The van der Waals surface area contributed by atoms with E-state index in [2.05, 4.69) is 5.32 Å². The Morgan fingerprint density at radius 3 is 2.30 bits per heavy atom. The molecule has 0 aliphatic carbocycles. The minimum Gasteiger partial charge on any atom is -0.387 e. The van der Waals surface area contributed by atoms with E-state index >= 15 is 0 Å². The monoisotopic (exact) mass is 295 g/mol. The second-order valence-corrected chi connectivity index (χ2v) is 6.97. The Bertz CT molecular complexity index is 452. The average molecular weight is 295 g/mol. The molecule has 0 spiro atoms. The zero-order valence-electron chi connectivity index (χ0n) is 13.0. The van der Waals surface area contributed by atoms with Crippen LogP contribution in [0.2, 0.25) is 0 Å². The average Bonchev–Trinajstić information content (AvgIpc) is 2.36. The van der Waals surface area contributed by atoms with Crippen molar-refractivity contribution in [2.75, 3.05) is 18.6 Å². The first-order valence-electron chi connectivity index (χ1n) is 6.76. The fourth-order valence-electron chi connectivity index (χ4n) is 1.95. The summed E-state index contributed by atoms with van der Waals surface area (Å²) in [6.07, 6.45) is 1.94. The molecular formula is C16H25NO2S. The van der Waals surface area contributed by atoms with Gasteiger partial charge in [0.25, 0.3) is 0 Å². The Hall–Kier alpha value is -1.00. The molecule has 0 saturated carbocycles. The number of hydrogen-bond donors (Lipinski definition) is 2. The minimum absolute atomic E-state index is 0.0669. The van der Waals surface area contributed by atoms with Crippen molar-refractivity contribution in [3.05, 3.63) is 35.4 Å². The van der Waals surface area contributed by atoms with Gasteiger partial charge < -0.3 is 10.4 Å². The topological polar surface area (TPSA) is 49.3 Å². The molecule has 2 N–H and O–H groups in total. The molecule has 4 heteroatoms. The van der Waals surface area contributed by atoms with Crippen LogP contribution in [0.4, 0.5) is 0 Å². The molecule has 1 unspecified atom stereocenters. The molecule has 0 saturated heterocycles. The van der Waals surface area contributed by atoms with Crippen LogP contribution in [0.3, 0.4) is 0 Å². The molecule has 1 aromatic rings. The van der Waals surface area contributed by atoms with Gasteiger partial charge in [0.1, 0.15) is 0 Å². The van der Waals surface area contributed by atoms with E-state index in [1.54, 1.807) is 18.7 Å². The van der Waals surface area contributed by atoms with Crippen LogP contribution in [0.5, 0.6) is 0 Å². The van der Waals surface area contributed by atoms with Crippen molar-refractivity contribution < 1.29 is 9.90 Å². The fraction of sp³-hybridized carbons (Fsp3) is 0.562. The van der Waals surface area contributed by atoms with Crippen molar-refractivity contribution in [1.82, 2.24) is 5.32 Å². The van der Waals surface area contributed by atoms with Gasteiger partial charge in [-0.05, 0) is 39.5 Å². The van der Waals surface area contributed by atoms with Crippen molar-refractivity contribution in [3.8, 4) is 0 Å². The predicted molar refractivity (Wildman–Crippen MR) is 86.2 cm³/mol. The molecule has 0 heterocycles. The SMILES string of the molecule is CSCC(C)(O)CNC(=O)C(C)(C)c1ccc(C)cc1. The Morgan fingerprint density at radius 1 is 1.25 bits per heavy atom. The van der Waals surface area contributed by atoms with Gasteiger partial charge in [-0.15, -0.1) is 0 Å². The van der Waals surface area contributed by atoms with Gasteiger partial charge in [0.2, 0.25) is 5.91 Å². The Morgan fingerprint density at radius 2 is 1.80 bits per heavy atom. The third-order valence-electron chi connectivity index (χ3n) is 3.43. The van der Waals surface area contributed by atoms with Gasteiger partial charge in [-0.2, -0.15) is 11.8 Å². The first-order valence-corrected chi connectivity index (χ1v) is 8.15. The summed E-state index contributed by atoms with van der Waals surface area (Å²) in [5.41, 5.74) is 0.666. The lowest BCUT2D eigenvalue weighted by atomic mass is 9.83. The third kappa shape index (κ3) is 4.53. The van der Waals surface area contributed by atoms with Crippen molar-refractivity contribution in [2.24, 2.45) is 0 Å². The van der Waals surface area contributed by atoms with Gasteiger partial charge in [-0.25, -0.2) is 0 Å². The first-order chi connectivity index (χ1) is 9.19. The Balaban J connectivity index is 2.72. The number of aryl methyl sites for hydroxylation is 1. The van der Waals surface area contributed by atoms with Crippen molar-refractivity contribution in [3.63, 3.8) is 0 Å². The summed E-state index contributed by atoms with van der Waals surface area (Å²) >= 11 is 1.56. The van der Waals surface area contributed by atoms with Crippen LogP contribution in [0.15, 0.2) is 24.3 Å². The van der Waals surface area contributed by atoms with Crippen molar-refractivity contribution >= 4 is 17.7 Å². The number of benzene rings is 1. The van der Waals surface area contributed by atoms with E-state index < -0.39 is 11.0 Å². The van der Waals surface area contributed by atoms with Crippen LogP contribution in [-0.4, -0.2) is 35.2 Å². The van der Waals surface area contributed by atoms with Crippen molar-refractivity contribution in [1.29, 1.82) is 0 Å². The zero-order chi connectivity index (χ0) is 15.4. The van der Waals surface area contributed by atoms with E-state index in [9.17, 15) is 9.90 Å². The lowest BCUT2D eigenvalue weighted by Crippen LogP contribution is -2.48. The van der Waals surface area contributed by atoms with Crippen molar-refractivity contribution in [2.45, 2.75) is 38.7 Å². The Kier molecular flexibility index (Phi) is 5.66. The molecule has 20 heavy (non-hydrogen) atoms.